The van der Waals surface area contributed by atoms with Crippen molar-refractivity contribution in [3.05, 3.63) is 23.8 Å². The van der Waals surface area contributed by atoms with Crippen LogP contribution in [-0.2, 0) is 4.74 Å². The minimum absolute atomic E-state index is 0.162. The molecule has 18 heavy (non-hydrogen) atoms. The van der Waals surface area contributed by atoms with E-state index in [1.54, 1.807) is 0 Å². The summed E-state index contributed by atoms with van der Waals surface area (Å²) in [6, 6.07) is 4.32. The lowest BCUT2D eigenvalue weighted by atomic mass is 9.41. The number of benzene rings is 1. The molecule has 1 aliphatic heterocycles. The molecule has 0 aromatic heterocycles. The molecule has 0 spiro atoms. The molecule has 0 atom stereocenters. The molecule has 1 aliphatic rings. The highest BCUT2D eigenvalue weighted by atomic mass is 16.6. The topological polar surface area (TPSA) is 44.8 Å². The minimum Gasteiger partial charge on any atom is -0.501 e. The van der Waals surface area contributed by atoms with Gasteiger partial charge in [0.25, 0.3) is 0 Å². The number of carbonyl (C=O) groups excluding carboxylic acids is 1. The minimum atomic E-state index is -1.92. The fourth-order valence-electron chi connectivity index (χ4n) is 1.44. The Hall–Kier alpha value is -1.45. The second-order valence-corrected chi connectivity index (χ2v) is 3.94. The number of esters is 1. The molecule has 8 heteroatoms. The van der Waals surface area contributed by atoms with Gasteiger partial charge >= 0.3 is 5.97 Å². The Labute approximate surface area is 110 Å². The SMILES string of the molecule is [B]C1([B])Oc2ccc(C(=O)OC)cc2OC1([B])[B]. The number of carbonyl (C=O) groups is 1. The molecule has 0 saturated carbocycles. The van der Waals surface area contributed by atoms with Crippen LogP contribution in [0.1, 0.15) is 10.4 Å². The van der Waals surface area contributed by atoms with Gasteiger partial charge < -0.3 is 14.2 Å². The summed E-state index contributed by atoms with van der Waals surface area (Å²) in [5.41, 5.74) is 0.261. The van der Waals surface area contributed by atoms with Crippen LogP contribution in [0.2, 0.25) is 0 Å². The summed E-state index contributed by atoms with van der Waals surface area (Å²) in [6.07, 6.45) is 0. The number of hydrogen-bond acceptors (Lipinski definition) is 4. The van der Waals surface area contributed by atoms with E-state index in [1.807, 2.05) is 0 Å². The predicted molar refractivity (Wildman–Crippen MR) is 67.5 cm³/mol. The summed E-state index contributed by atoms with van der Waals surface area (Å²) in [6.45, 7) is 0. The van der Waals surface area contributed by atoms with Gasteiger partial charge in [0.2, 0.25) is 0 Å². The van der Waals surface area contributed by atoms with Crippen molar-refractivity contribution < 1.29 is 19.0 Å². The Kier molecular flexibility index (Phi) is 2.92. The Morgan fingerprint density at radius 3 is 2.22 bits per heavy atom. The zero-order valence-corrected chi connectivity index (χ0v) is 9.67. The molecule has 0 bridgehead atoms. The summed E-state index contributed by atoms with van der Waals surface area (Å²) < 4.78 is 15.0. The first-order chi connectivity index (χ1) is 8.27. The van der Waals surface area contributed by atoms with Crippen LogP contribution in [0.4, 0.5) is 0 Å². The van der Waals surface area contributed by atoms with Crippen molar-refractivity contribution in [3.8, 4) is 11.5 Å². The molecule has 1 aromatic rings. The van der Waals surface area contributed by atoms with Crippen LogP contribution < -0.4 is 9.47 Å². The van der Waals surface area contributed by atoms with Crippen molar-refractivity contribution in [3.63, 3.8) is 0 Å². The molecular formula is C10H6B4O4. The maximum absolute atomic E-state index is 11.4. The van der Waals surface area contributed by atoms with Crippen LogP contribution in [0.3, 0.4) is 0 Å². The lowest BCUT2D eigenvalue weighted by molar-refractivity contribution is 0.0574. The third kappa shape index (κ3) is 2.00. The number of fused-ring (bicyclic) bond motifs is 1. The highest BCUT2D eigenvalue weighted by Crippen LogP contribution is 2.39. The molecule has 4 nitrogen and oxygen atoms in total. The van der Waals surface area contributed by atoms with Crippen molar-refractivity contribution in [2.24, 2.45) is 0 Å². The highest BCUT2D eigenvalue weighted by molar-refractivity contribution is 6.53. The summed E-state index contributed by atoms with van der Waals surface area (Å²) in [5.74, 6) is -0.132. The smallest absolute Gasteiger partial charge is 0.337 e. The van der Waals surface area contributed by atoms with Gasteiger partial charge in [0.05, 0.1) is 12.7 Å². The van der Waals surface area contributed by atoms with Crippen molar-refractivity contribution >= 4 is 37.4 Å². The van der Waals surface area contributed by atoms with Gasteiger partial charge in [-0.1, -0.05) is 0 Å². The molecule has 2 rings (SSSR count). The summed E-state index contributed by atoms with van der Waals surface area (Å²) in [7, 11) is 23.6. The van der Waals surface area contributed by atoms with Gasteiger partial charge in [-0.2, -0.15) is 0 Å². The van der Waals surface area contributed by atoms with Crippen molar-refractivity contribution in [2.75, 3.05) is 7.11 Å². The van der Waals surface area contributed by atoms with Gasteiger partial charge in [0.1, 0.15) is 31.4 Å². The monoisotopic (exact) mass is 234 g/mol. The Bertz CT molecular complexity index is 501. The molecule has 8 radical (unpaired) electrons. The third-order valence-electron chi connectivity index (χ3n) is 2.53. The van der Waals surface area contributed by atoms with Crippen molar-refractivity contribution in [1.82, 2.24) is 0 Å². The van der Waals surface area contributed by atoms with Crippen LogP contribution in [0.25, 0.3) is 0 Å². The second-order valence-electron chi connectivity index (χ2n) is 3.94. The van der Waals surface area contributed by atoms with E-state index in [0.717, 1.165) is 0 Å². The van der Waals surface area contributed by atoms with E-state index in [9.17, 15) is 4.79 Å². The third-order valence-corrected chi connectivity index (χ3v) is 2.53. The second kappa shape index (κ2) is 4.04. The van der Waals surface area contributed by atoms with Gasteiger partial charge in [-0.05, 0) is 18.2 Å². The van der Waals surface area contributed by atoms with E-state index in [1.165, 1.54) is 25.3 Å². The lowest BCUT2D eigenvalue weighted by Gasteiger charge is -2.48. The van der Waals surface area contributed by atoms with Crippen molar-refractivity contribution in [1.29, 1.82) is 0 Å². The van der Waals surface area contributed by atoms with E-state index >= 15 is 0 Å². The van der Waals surface area contributed by atoms with E-state index in [-0.39, 0.29) is 17.1 Å². The molecule has 82 valence electrons. The zero-order valence-electron chi connectivity index (χ0n) is 9.67. The molecule has 0 N–H and O–H groups in total. The average Bonchev–Trinajstić information content (AvgIpc) is 2.28. The first-order valence-electron chi connectivity index (χ1n) is 5.03. The first-order valence-corrected chi connectivity index (χ1v) is 5.03. The molecule has 1 aromatic carbocycles. The lowest BCUT2D eigenvalue weighted by Crippen LogP contribution is -2.65. The largest absolute Gasteiger partial charge is 0.501 e. The molecule has 0 amide bonds. The molecular weight excluding hydrogens is 227 g/mol. The first kappa shape index (κ1) is 13.0. The molecule has 0 aliphatic carbocycles. The number of hydrogen-bond donors (Lipinski definition) is 0. The molecule has 0 saturated heterocycles. The fraction of sp³-hybridized carbons (Fsp3) is 0.300. The van der Waals surface area contributed by atoms with Crippen LogP contribution >= 0.6 is 0 Å². The van der Waals surface area contributed by atoms with Gasteiger partial charge in [-0.25, -0.2) is 4.79 Å². The Morgan fingerprint density at radius 2 is 1.67 bits per heavy atom. The number of rotatable bonds is 1. The maximum atomic E-state index is 11.4. The van der Waals surface area contributed by atoms with E-state index in [0.29, 0.717) is 0 Å². The van der Waals surface area contributed by atoms with Crippen molar-refractivity contribution in [2.45, 2.75) is 10.8 Å². The molecule has 0 unspecified atom stereocenters. The van der Waals surface area contributed by atoms with Crippen LogP contribution in [-0.4, -0.2) is 55.3 Å². The number of methoxy groups -OCH3 is 1. The van der Waals surface area contributed by atoms with Gasteiger partial charge in [0, 0.05) is 10.8 Å². The van der Waals surface area contributed by atoms with E-state index in [2.05, 4.69) is 4.74 Å². The van der Waals surface area contributed by atoms with E-state index < -0.39 is 16.8 Å². The Morgan fingerprint density at radius 1 is 1.11 bits per heavy atom. The van der Waals surface area contributed by atoms with E-state index in [4.69, 9.17) is 40.9 Å². The predicted octanol–water partition coefficient (Wildman–Crippen LogP) is -0.774. The average molecular weight is 233 g/mol. The molecule has 1 heterocycles. The summed E-state index contributed by atoms with van der Waals surface area (Å²) in [5, 5.41) is -3.80. The van der Waals surface area contributed by atoms with Crippen LogP contribution in [0.5, 0.6) is 11.5 Å². The summed E-state index contributed by atoms with van der Waals surface area (Å²) >= 11 is 0. The Balaban J connectivity index is 2.42. The zero-order chi connectivity index (χ0) is 13.6. The van der Waals surface area contributed by atoms with Gasteiger partial charge in [-0.15, -0.1) is 0 Å². The maximum Gasteiger partial charge on any atom is 0.337 e. The fourth-order valence-corrected chi connectivity index (χ4v) is 1.44. The van der Waals surface area contributed by atoms with Crippen LogP contribution in [0, 0.1) is 0 Å². The van der Waals surface area contributed by atoms with Crippen LogP contribution in [0.15, 0.2) is 18.2 Å². The number of ether oxygens (including phenoxy) is 3. The van der Waals surface area contributed by atoms with Gasteiger partial charge in [0.15, 0.2) is 11.5 Å². The summed E-state index contributed by atoms with van der Waals surface area (Å²) in [4.78, 5) is 11.4. The normalized spacial score (nSPS) is 18.9. The standard InChI is InChI=1S/C10H6B4O4/c1-16-8(15)5-2-3-6-7(4-5)18-10(13,14)9(11,12)17-6/h2-4H,1H3. The quantitative estimate of drug-likeness (QED) is 0.472. The van der Waals surface area contributed by atoms with Gasteiger partial charge in [-0.3, -0.25) is 0 Å². The molecule has 0 fully saturated rings. The highest BCUT2D eigenvalue weighted by Gasteiger charge is 2.43.